The van der Waals surface area contributed by atoms with Crippen molar-refractivity contribution >= 4 is 16.8 Å². The minimum absolute atomic E-state index is 0.274. The molecule has 23 heavy (non-hydrogen) atoms. The van der Waals surface area contributed by atoms with E-state index < -0.39 is 0 Å². The Hall–Kier alpha value is -1.81. The molecule has 1 N–H and O–H groups in total. The van der Waals surface area contributed by atoms with Crippen LogP contribution in [0.4, 0.5) is 0 Å². The summed E-state index contributed by atoms with van der Waals surface area (Å²) in [6.45, 7) is 3.78. The summed E-state index contributed by atoms with van der Waals surface area (Å²) < 4.78 is 2.24. The molecule has 2 aromatic rings. The van der Waals surface area contributed by atoms with Crippen LogP contribution in [0, 0.1) is 11.3 Å². The van der Waals surface area contributed by atoms with Crippen molar-refractivity contribution in [3.8, 4) is 0 Å². The smallest absolute Gasteiger partial charge is 0.226 e. The number of piperidine rings is 1. The zero-order valence-corrected chi connectivity index (χ0v) is 13.8. The molecule has 1 saturated carbocycles. The van der Waals surface area contributed by atoms with Crippen LogP contribution in [0.3, 0.4) is 0 Å². The maximum atomic E-state index is 12.7. The topological polar surface area (TPSA) is 37.3 Å². The van der Waals surface area contributed by atoms with Gasteiger partial charge >= 0.3 is 0 Å². The van der Waals surface area contributed by atoms with Gasteiger partial charge in [0.15, 0.2) is 0 Å². The molecule has 1 atom stereocenters. The van der Waals surface area contributed by atoms with E-state index in [1.54, 1.807) is 0 Å². The molecule has 4 heteroatoms. The van der Waals surface area contributed by atoms with Gasteiger partial charge in [-0.3, -0.25) is 4.79 Å². The Kier molecular flexibility index (Phi) is 3.64. The molecule has 2 heterocycles. The summed E-state index contributed by atoms with van der Waals surface area (Å²) >= 11 is 0. The molecule has 4 rings (SSSR count). The van der Waals surface area contributed by atoms with E-state index in [9.17, 15) is 4.79 Å². The molecule has 1 aliphatic heterocycles. The van der Waals surface area contributed by atoms with Crippen molar-refractivity contribution in [3.63, 3.8) is 0 Å². The lowest BCUT2D eigenvalue weighted by Gasteiger charge is -2.25. The number of nitrogens with zero attached hydrogens (tertiary/aromatic N) is 2. The van der Waals surface area contributed by atoms with Gasteiger partial charge in [0, 0.05) is 37.8 Å². The molecule has 1 amide bonds. The second-order valence-electron chi connectivity index (χ2n) is 7.20. The Morgan fingerprint density at radius 3 is 2.91 bits per heavy atom. The van der Waals surface area contributed by atoms with Crippen LogP contribution in [0.2, 0.25) is 0 Å². The number of carbonyl (C=O) groups excluding carboxylic acids is 1. The van der Waals surface area contributed by atoms with Crippen LogP contribution < -0.4 is 5.32 Å². The largest absolute Gasteiger partial charge is 0.346 e. The molecular weight excluding hydrogens is 286 g/mol. The van der Waals surface area contributed by atoms with Gasteiger partial charge in [-0.25, -0.2) is 0 Å². The molecule has 122 valence electrons. The first-order chi connectivity index (χ1) is 11.2. The van der Waals surface area contributed by atoms with Gasteiger partial charge in [-0.15, -0.1) is 0 Å². The van der Waals surface area contributed by atoms with Crippen LogP contribution >= 0.6 is 0 Å². The molecule has 4 nitrogen and oxygen atoms in total. The number of likely N-dealkylation sites (N-methyl/N-ethyl adjacent to an activating group) is 1. The van der Waals surface area contributed by atoms with E-state index in [1.807, 2.05) is 11.9 Å². The number of carbonyl (C=O) groups is 1. The summed E-state index contributed by atoms with van der Waals surface area (Å²) in [5.74, 6) is 0.624. The fourth-order valence-electron chi connectivity index (χ4n) is 4.14. The van der Waals surface area contributed by atoms with Crippen molar-refractivity contribution in [1.82, 2.24) is 14.8 Å². The number of nitrogens with one attached hydrogen (secondary N) is 1. The Labute approximate surface area is 137 Å². The number of hydrogen-bond donors (Lipinski definition) is 1. The summed E-state index contributed by atoms with van der Waals surface area (Å²) in [6.07, 6.45) is 5.55. The summed E-state index contributed by atoms with van der Waals surface area (Å²) in [5.41, 5.74) is 1.58. The molecule has 0 radical (unpaired) electrons. The fourth-order valence-corrected chi connectivity index (χ4v) is 4.14. The Morgan fingerprint density at radius 2 is 2.09 bits per heavy atom. The molecule has 1 unspecified atom stereocenters. The van der Waals surface area contributed by atoms with E-state index in [0.717, 1.165) is 32.6 Å². The van der Waals surface area contributed by atoms with Crippen molar-refractivity contribution in [2.75, 3.05) is 26.7 Å². The first-order valence-electron chi connectivity index (χ1n) is 8.69. The summed E-state index contributed by atoms with van der Waals surface area (Å²) in [7, 11) is 1.96. The Bertz CT molecular complexity index is 714. The quantitative estimate of drug-likeness (QED) is 0.942. The van der Waals surface area contributed by atoms with Gasteiger partial charge < -0.3 is 14.8 Å². The summed E-state index contributed by atoms with van der Waals surface area (Å²) in [5, 5.41) is 4.66. The van der Waals surface area contributed by atoms with Crippen molar-refractivity contribution in [2.24, 2.45) is 11.3 Å². The normalized spacial score (nSPS) is 22.4. The summed E-state index contributed by atoms with van der Waals surface area (Å²) in [4.78, 5) is 14.6. The van der Waals surface area contributed by atoms with E-state index in [1.165, 1.54) is 23.7 Å². The number of benzene rings is 1. The van der Waals surface area contributed by atoms with E-state index in [0.29, 0.717) is 11.3 Å². The number of fused-ring (bicyclic) bond motifs is 1. The number of hydrogen-bond acceptors (Lipinski definition) is 2. The second kappa shape index (κ2) is 5.68. The molecule has 2 fully saturated rings. The third-order valence-corrected chi connectivity index (χ3v) is 5.82. The van der Waals surface area contributed by atoms with Crippen LogP contribution in [0.15, 0.2) is 36.5 Å². The van der Waals surface area contributed by atoms with E-state index in [4.69, 9.17) is 0 Å². The lowest BCUT2D eigenvalue weighted by Crippen LogP contribution is -2.35. The zero-order valence-electron chi connectivity index (χ0n) is 13.8. The number of amides is 1. The zero-order chi connectivity index (χ0) is 15.9. The highest BCUT2D eigenvalue weighted by Gasteiger charge is 2.58. The van der Waals surface area contributed by atoms with Gasteiger partial charge in [0.05, 0.1) is 0 Å². The third-order valence-electron chi connectivity index (χ3n) is 5.82. The van der Waals surface area contributed by atoms with Crippen molar-refractivity contribution in [3.05, 3.63) is 36.5 Å². The summed E-state index contributed by atoms with van der Waals surface area (Å²) in [6, 6.07) is 10.5. The van der Waals surface area contributed by atoms with Crippen molar-refractivity contribution in [2.45, 2.75) is 25.8 Å². The number of rotatable bonds is 4. The molecule has 2 aliphatic rings. The molecule has 1 aromatic carbocycles. The van der Waals surface area contributed by atoms with Crippen LogP contribution in [0.5, 0.6) is 0 Å². The third kappa shape index (κ3) is 2.65. The fraction of sp³-hybridized carbons (Fsp3) is 0.526. The Morgan fingerprint density at radius 1 is 1.30 bits per heavy atom. The van der Waals surface area contributed by atoms with Crippen LogP contribution in [-0.4, -0.2) is 42.1 Å². The lowest BCUT2D eigenvalue weighted by molar-refractivity contribution is -0.132. The minimum Gasteiger partial charge on any atom is -0.346 e. The van der Waals surface area contributed by atoms with Crippen molar-refractivity contribution in [1.29, 1.82) is 0 Å². The lowest BCUT2D eigenvalue weighted by atomic mass is 9.91. The van der Waals surface area contributed by atoms with Gasteiger partial charge in [0.1, 0.15) is 0 Å². The van der Waals surface area contributed by atoms with Gasteiger partial charge in [0.25, 0.3) is 0 Å². The Balaban J connectivity index is 1.37. The number of aromatic nitrogens is 1. The highest BCUT2D eigenvalue weighted by molar-refractivity contribution is 5.82. The van der Waals surface area contributed by atoms with Gasteiger partial charge in [-0.1, -0.05) is 18.2 Å². The maximum absolute atomic E-state index is 12.7. The van der Waals surface area contributed by atoms with E-state index in [2.05, 4.69) is 46.4 Å². The number of para-hydroxylation sites is 1. The predicted molar refractivity (Wildman–Crippen MR) is 92.2 cm³/mol. The van der Waals surface area contributed by atoms with Crippen LogP contribution in [0.1, 0.15) is 19.3 Å². The monoisotopic (exact) mass is 311 g/mol. The first-order valence-corrected chi connectivity index (χ1v) is 8.69. The maximum Gasteiger partial charge on any atom is 0.226 e. The van der Waals surface area contributed by atoms with Crippen LogP contribution in [-0.2, 0) is 11.3 Å². The van der Waals surface area contributed by atoms with E-state index in [-0.39, 0.29) is 5.92 Å². The molecule has 1 saturated heterocycles. The average molecular weight is 311 g/mol. The molecular formula is C19H25N3O. The second-order valence-corrected chi connectivity index (χ2v) is 7.20. The minimum atomic E-state index is 0.274. The average Bonchev–Trinajstić information content (AvgIpc) is 3.11. The van der Waals surface area contributed by atoms with Gasteiger partial charge in [-0.2, -0.15) is 0 Å². The first kappa shape index (κ1) is 14.8. The molecule has 1 spiro atoms. The molecule has 1 aromatic heterocycles. The SMILES string of the molecule is CN(CCn1ccc2ccccc21)C(=O)C1CC12CCNCC2. The highest BCUT2D eigenvalue weighted by atomic mass is 16.2. The van der Waals surface area contributed by atoms with Gasteiger partial charge in [0.2, 0.25) is 5.91 Å². The van der Waals surface area contributed by atoms with Gasteiger partial charge in [-0.05, 0) is 55.3 Å². The predicted octanol–water partition coefficient (Wildman–Crippen LogP) is 2.49. The standard InChI is InChI=1S/C19H25N3O/c1-21(18(23)16-14-19(16)7-9-20-10-8-19)12-13-22-11-6-15-4-2-3-5-17(15)22/h2-6,11,16,20H,7-10,12-14H2,1H3. The van der Waals surface area contributed by atoms with Crippen molar-refractivity contribution < 1.29 is 4.79 Å². The highest BCUT2D eigenvalue weighted by Crippen LogP contribution is 2.59. The van der Waals surface area contributed by atoms with Crippen LogP contribution in [0.25, 0.3) is 10.9 Å². The molecule has 1 aliphatic carbocycles. The molecule has 0 bridgehead atoms. The van der Waals surface area contributed by atoms with E-state index >= 15 is 0 Å².